The number of para-hydroxylation sites is 2. The van der Waals surface area contributed by atoms with E-state index in [2.05, 4.69) is 42.5 Å². The van der Waals surface area contributed by atoms with Crippen LogP contribution >= 0.6 is 31.9 Å². The van der Waals surface area contributed by atoms with Crippen molar-refractivity contribution in [2.75, 3.05) is 23.8 Å². The maximum absolute atomic E-state index is 12.8. The van der Waals surface area contributed by atoms with Crippen molar-refractivity contribution >= 4 is 55.0 Å². The van der Waals surface area contributed by atoms with E-state index in [1.54, 1.807) is 60.7 Å². The Balaban J connectivity index is 1.76. The summed E-state index contributed by atoms with van der Waals surface area (Å²) in [5.41, 5.74) is 1.88. The van der Waals surface area contributed by atoms with E-state index in [9.17, 15) is 9.59 Å². The van der Waals surface area contributed by atoms with Gasteiger partial charge in [-0.05, 0) is 94.2 Å². The second-order valence-corrected chi connectivity index (χ2v) is 8.32. The normalized spacial score (nSPS) is 10.4. The van der Waals surface area contributed by atoms with E-state index in [1.165, 1.54) is 0 Å². The summed E-state index contributed by atoms with van der Waals surface area (Å²) in [6.45, 7) is 4.85. The summed E-state index contributed by atoms with van der Waals surface area (Å²) < 4.78 is 12.4. The molecule has 3 aromatic carbocycles. The second-order valence-electron chi connectivity index (χ2n) is 6.61. The fraction of sp³-hybridized carbons (Fsp3) is 0.167. The summed E-state index contributed by atoms with van der Waals surface area (Å²) in [5, 5.41) is 5.71. The van der Waals surface area contributed by atoms with Gasteiger partial charge in [0.1, 0.15) is 11.5 Å². The minimum absolute atomic E-state index is 0.306. The molecule has 0 aliphatic carbocycles. The van der Waals surface area contributed by atoms with Gasteiger partial charge in [-0.2, -0.15) is 0 Å². The molecule has 2 amide bonds. The lowest BCUT2D eigenvalue weighted by Gasteiger charge is -2.14. The Hall–Kier alpha value is -2.84. The van der Waals surface area contributed by atoms with Crippen molar-refractivity contribution < 1.29 is 19.1 Å². The number of ether oxygens (including phenoxy) is 2. The molecule has 0 aliphatic rings. The lowest BCUT2D eigenvalue weighted by molar-refractivity contribution is 0.101. The topological polar surface area (TPSA) is 76.7 Å². The number of hydrogen-bond donors (Lipinski definition) is 2. The highest BCUT2D eigenvalue weighted by molar-refractivity contribution is 9.10. The van der Waals surface area contributed by atoms with E-state index in [-0.39, 0.29) is 11.8 Å². The quantitative estimate of drug-likeness (QED) is 0.328. The summed E-state index contributed by atoms with van der Waals surface area (Å²) in [7, 11) is 0. The van der Waals surface area contributed by atoms with Crippen LogP contribution in [-0.2, 0) is 0 Å². The van der Waals surface area contributed by atoms with Crippen molar-refractivity contribution in [3.63, 3.8) is 0 Å². The molecule has 0 saturated heterocycles. The van der Waals surface area contributed by atoms with Crippen molar-refractivity contribution in [3.8, 4) is 11.5 Å². The number of carbonyl (C=O) groups excluding carboxylic acids is 2. The highest BCUT2D eigenvalue weighted by atomic mass is 79.9. The standard InChI is InChI=1S/C24H22Br2N2O4/c1-3-31-21-11-9-15(13-17(21)25)23(29)27-19-7-5-6-8-20(19)28-24(30)16-10-12-22(32-4-2)18(26)14-16/h5-14H,3-4H2,1-2H3,(H,27,29)(H,28,30). The van der Waals surface area contributed by atoms with Crippen LogP contribution in [0, 0.1) is 0 Å². The van der Waals surface area contributed by atoms with Crippen molar-refractivity contribution in [2.24, 2.45) is 0 Å². The van der Waals surface area contributed by atoms with E-state index in [1.807, 2.05) is 13.8 Å². The fourth-order valence-electron chi connectivity index (χ4n) is 2.92. The van der Waals surface area contributed by atoms with Crippen LogP contribution in [0.5, 0.6) is 11.5 Å². The van der Waals surface area contributed by atoms with E-state index in [0.717, 1.165) is 0 Å². The third kappa shape index (κ3) is 5.89. The number of nitrogens with one attached hydrogen (secondary N) is 2. The van der Waals surface area contributed by atoms with Gasteiger partial charge >= 0.3 is 0 Å². The zero-order valence-electron chi connectivity index (χ0n) is 17.6. The van der Waals surface area contributed by atoms with Crippen LogP contribution in [0.25, 0.3) is 0 Å². The molecule has 0 fully saturated rings. The molecule has 0 aliphatic heterocycles. The van der Waals surface area contributed by atoms with Crippen LogP contribution in [0.15, 0.2) is 69.6 Å². The summed E-state index contributed by atoms with van der Waals surface area (Å²) >= 11 is 6.84. The van der Waals surface area contributed by atoms with Gasteiger partial charge in [0.25, 0.3) is 11.8 Å². The Morgan fingerprint density at radius 2 is 1.12 bits per heavy atom. The predicted octanol–water partition coefficient (Wildman–Crippen LogP) is 6.51. The van der Waals surface area contributed by atoms with Crippen molar-refractivity contribution in [1.82, 2.24) is 0 Å². The van der Waals surface area contributed by atoms with Gasteiger partial charge in [-0.3, -0.25) is 9.59 Å². The summed E-state index contributed by atoms with van der Waals surface area (Å²) in [4.78, 5) is 25.6. The summed E-state index contributed by atoms with van der Waals surface area (Å²) in [5.74, 6) is 0.718. The van der Waals surface area contributed by atoms with Gasteiger partial charge in [-0.1, -0.05) is 12.1 Å². The first kappa shape index (κ1) is 23.8. The molecule has 166 valence electrons. The van der Waals surface area contributed by atoms with E-state index < -0.39 is 0 Å². The smallest absolute Gasteiger partial charge is 0.255 e. The first-order valence-corrected chi connectivity index (χ1v) is 11.6. The van der Waals surface area contributed by atoms with Crippen molar-refractivity contribution in [2.45, 2.75) is 13.8 Å². The molecular weight excluding hydrogens is 540 g/mol. The van der Waals surface area contributed by atoms with Gasteiger partial charge < -0.3 is 20.1 Å². The molecule has 0 atom stereocenters. The molecule has 0 heterocycles. The van der Waals surface area contributed by atoms with Gasteiger partial charge in [-0.25, -0.2) is 0 Å². The third-order valence-corrected chi connectivity index (χ3v) is 5.65. The Morgan fingerprint density at radius 3 is 1.47 bits per heavy atom. The van der Waals surface area contributed by atoms with Crippen LogP contribution in [0.3, 0.4) is 0 Å². The van der Waals surface area contributed by atoms with Crippen LogP contribution in [0.2, 0.25) is 0 Å². The number of carbonyl (C=O) groups is 2. The lowest BCUT2D eigenvalue weighted by Crippen LogP contribution is -2.17. The number of amides is 2. The summed E-state index contributed by atoms with van der Waals surface area (Å²) in [6.07, 6.45) is 0. The molecular formula is C24H22Br2N2O4. The number of halogens is 2. The molecule has 32 heavy (non-hydrogen) atoms. The molecule has 0 aromatic heterocycles. The minimum Gasteiger partial charge on any atom is -0.493 e. The zero-order chi connectivity index (χ0) is 23.1. The van der Waals surface area contributed by atoms with Gasteiger partial charge in [0.05, 0.1) is 33.5 Å². The third-order valence-electron chi connectivity index (χ3n) is 4.41. The molecule has 0 radical (unpaired) electrons. The number of hydrogen-bond acceptors (Lipinski definition) is 4. The molecule has 3 rings (SSSR count). The minimum atomic E-state index is -0.306. The molecule has 3 aromatic rings. The van der Waals surface area contributed by atoms with Gasteiger partial charge in [0.15, 0.2) is 0 Å². The maximum Gasteiger partial charge on any atom is 0.255 e. The Kier molecular flexibility index (Phi) is 8.30. The van der Waals surface area contributed by atoms with E-state index >= 15 is 0 Å². The fourth-order valence-corrected chi connectivity index (χ4v) is 3.91. The van der Waals surface area contributed by atoms with Gasteiger partial charge in [-0.15, -0.1) is 0 Å². The van der Waals surface area contributed by atoms with Gasteiger partial charge in [0, 0.05) is 11.1 Å². The van der Waals surface area contributed by atoms with E-state index in [4.69, 9.17) is 9.47 Å². The SMILES string of the molecule is CCOc1ccc(C(=O)Nc2ccccc2NC(=O)c2ccc(OCC)c(Br)c2)cc1Br. The average molecular weight is 562 g/mol. The number of rotatable bonds is 8. The Bertz CT molecular complexity index is 1050. The molecule has 8 heteroatoms. The Morgan fingerprint density at radius 1 is 0.719 bits per heavy atom. The van der Waals surface area contributed by atoms with Crippen LogP contribution in [0.4, 0.5) is 11.4 Å². The Labute approximate surface area is 203 Å². The largest absolute Gasteiger partial charge is 0.493 e. The average Bonchev–Trinajstić information content (AvgIpc) is 2.78. The van der Waals surface area contributed by atoms with Crippen LogP contribution in [-0.4, -0.2) is 25.0 Å². The number of benzene rings is 3. The lowest BCUT2D eigenvalue weighted by atomic mass is 10.1. The van der Waals surface area contributed by atoms with Gasteiger partial charge in [0.2, 0.25) is 0 Å². The van der Waals surface area contributed by atoms with Crippen LogP contribution < -0.4 is 20.1 Å². The molecule has 0 saturated carbocycles. The maximum atomic E-state index is 12.8. The first-order chi connectivity index (χ1) is 15.4. The highest BCUT2D eigenvalue weighted by Crippen LogP contribution is 2.29. The second kappa shape index (κ2) is 11.2. The van der Waals surface area contributed by atoms with E-state index in [0.29, 0.717) is 56.2 Å². The molecule has 2 N–H and O–H groups in total. The molecule has 0 bridgehead atoms. The van der Waals surface area contributed by atoms with Crippen LogP contribution in [0.1, 0.15) is 34.6 Å². The first-order valence-electron chi connectivity index (χ1n) is 9.99. The zero-order valence-corrected chi connectivity index (χ0v) is 20.7. The van der Waals surface area contributed by atoms with Crippen molar-refractivity contribution in [1.29, 1.82) is 0 Å². The summed E-state index contributed by atoms with van der Waals surface area (Å²) in [6, 6.07) is 17.3. The highest BCUT2D eigenvalue weighted by Gasteiger charge is 2.14. The molecule has 0 spiro atoms. The predicted molar refractivity (Wildman–Crippen MR) is 133 cm³/mol. The molecule has 6 nitrogen and oxygen atoms in total. The number of anilines is 2. The molecule has 0 unspecified atom stereocenters. The van der Waals surface area contributed by atoms with Crippen molar-refractivity contribution in [3.05, 3.63) is 80.7 Å². The monoisotopic (exact) mass is 560 g/mol.